The summed E-state index contributed by atoms with van der Waals surface area (Å²) in [5.41, 5.74) is 6.91. The van der Waals surface area contributed by atoms with Gasteiger partial charge in [-0.15, -0.1) is 0 Å². The quantitative estimate of drug-likeness (QED) is 0.697. The highest BCUT2D eigenvalue weighted by Gasteiger charge is 2.16. The smallest absolute Gasteiger partial charge is 0.200 e. The van der Waals surface area contributed by atoms with Gasteiger partial charge in [-0.05, 0) is 19.8 Å². The summed E-state index contributed by atoms with van der Waals surface area (Å²) in [4.78, 5) is 4.26. The number of hydrogen-bond donors (Lipinski definition) is 1. The predicted molar refractivity (Wildman–Crippen MR) is 58.1 cm³/mol. The number of hydrogen-bond acceptors (Lipinski definition) is 2. The van der Waals surface area contributed by atoms with Gasteiger partial charge in [0.05, 0.1) is 5.69 Å². The van der Waals surface area contributed by atoms with E-state index in [1.165, 1.54) is 38.5 Å². The van der Waals surface area contributed by atoms with Crippen molar-refractivity contribution in [2.75, 3.05) is 5.73 Å². The minimum absolute atomic E-state index is 0.596. The van der Waals surface area contributed by atoms with Gasteiger partial charge in [-0.1, -0.05) is 25.7 Å². The lowest BCUT2D eigenvalue weighted by Crippen LogP contribution is -2.10. The molecule has 0 aliphatic heterocycles. The molecule has 3 nitrogen and oxygen atoms in total. The number of anilines is 1. The van der Waals surface area contributed by atoms with Crippen LogP contribution >= 0.6 is 0 Å². The molecule has 1 aromatic heterocycles. The largest absolute Gasteiger partial charge is 0.369 e. The lowest BCUT2D eigenvalue weighted by molar-refractivity contribution is 0.448. The first-order valence-corrected chi connectivity index (χ1v) is 5.58. The normalized spacial score (nSPS) is 19.5. The van der Waals surface area contributed by atoms with E-state index in [2.05, 4.69) is 15.7 Å². The van der Waals surface area contributed by atoms with Crippen molar-refractivity contribution >= 4 is 5.95 Å². The molecule has 1 saturated carbocycles. The molecule has 3 heteroatoms. The molecule has 0 atom stereocenters. The maximum Gasteiger partial charge on any atom is 0.200 e. The van der Waals surface area contributed by atoms with Gasteiger partial charge in [0, 0.05) is 12.2 Å². The van der Waals surface area contributed by atoms with E-state index < -0.39 is 0 Å². The first kappa shape index (κ1) is 9.56. The van der Waals surface area contributed by atoms with Crippen LogP contribution in [0.1, 0.15) is 50.3 Å². The Hall–Kier alpha value is -0.990. The molecule has 1 aliphatic carbocycles. The zero-order chi connectivity index (χ0) is 9.97. The highest BCUT2D eigenvalue weighted by atomic mass is 15.2. The Morgan fingerprint density at radius 1 is 1.29 bits per heavy atom. The Labute approximate surface area is 85.3 Å². The molecule has 78 valence electrons. The zero-order valence-electron chi connectivity index (χ0n) is 8.87. The fourth-order valence-corrected chi connectivity index (χ4v) is 2.36. The highest BCUT2D eigenvalue weighted by Crippen LogP contribution is 2.28. The number of aromatic nitrogens is 2. The van der Waals surface area contributed by atoms with Crippen LogP contribution in [-0.2, 0) is 0 Å². The van der Waals surface area contributed by atoms with Crippen LogP contribution in [0.5, 0.6) is 0 Å². The highest BCUT2D eigenvalue weighted by molar-refractivity contribution is 5.22. The first-order chi connectivity index (χ1) is 6.77. The van der Waals surface area contributed by atoms with Gasteiger partial charge >= 0.3 is 0 Å². The summed E-state index contributed by atoms with van der Waals surface area (Å²) in [6, 6.07) is 0.596. The van der Waals surface area contributed by atoms with Crippen molar-refractivity contribution < 1.29 is 0 Å². The van der Waals surface area contributed by atoms with Crippen LogP contribution < -0.4 is 5.73 Å². The molecule has 0 aromatic carbocycles. The second kappa shape index (κ2) is 4.03. The molecule has 0 unspecified atom stereocenters. The van der Waals surface area contributed by atoms with Crippen molar-refractivity contribution in [3.8, 4) is 0 Å². The maximum absolute atomic E-state index is 5.88. The average molecular weight is 193 g/mol. The van der Waals surface area contributed by atoms with Crippen molar-refractivity contribution in [2.45, 2.75) is 51.5 Å². The van der Waals surface area contributed by atoms with E-state index in [1.807, 2.05) is 6.92 Å². The summed E-state index contributed by atoms with van der Waals surface area (Å²) in [5, 5.41) is 0. The number of rotatable bonds is 1. The Bertz CT molecular complexity index is 295. The molecule has 0 bridgehead atoms. The van der Waals surface area contributed by atoms with Crippen LogP contribution in [0, 0.1) is 6.92 Å². The van der Waals surface area contributed by atoms with Crippen LogP contribution in [0.2, 0.25) is 0 Å². The standard InChI is InChI=1S/C11H19N3/c1-9-8-14(11(12)13-9)10-6-4-2-3-5-7-10/h8,10H,2-7H2,1H3,(H2,12,13). The van der Waals surface area contributed by atoms with Crippen molar-refractivity contribution in [3.05, 3.63) is 11.9 Å². The summed E-state index contributed by atoms with van der Waals surface area (Å²) < 4.78 is 2.17. The molecule has 0 spiro atoms. The van der Waals surface area contributed by atoms with Crippen LogP contribution in [-0.4, -0.2) is 9.55 Å². The Morgan fingerprint density at radius 2 is 1.93 bits per heavy atom. The second-order valence-electron chi connectivity index (χ2n) is 4.29. The van der Waals surface area contributed by atoms with Crippen molar-refractivity contribution in [2.24, 2.45) is 0 Å². The molecule has 14 heavy (non-hydrogen) atoms. The van der Waals surface area contributed by atoms with E-state index in [-0.39, 0.29) is 0 Å². The van der Waals surface area contributed by atoms with Gasteiger partial charge in [0.2, 0.25) is 5.95 Å². The molecule has 1 fully saturated rings. The van der Waals surface area contributed by atoms with Gasteiger partial charge in [0.1, 0.15) is 0 Å². The number of nitrogen functional groups attached to an aromatic ring is 1. The lowest BCUT2D eigenvalue weighted by atomic mass is 10.1. The molecule has 2 N–H and O–H groups in total. The van der Waals surface area contributed by atoms with E-state index in [9.17, 15) is 0 Å². The molecular weight excluding hydrogens is 174 g/mol. The van der Waals surface area contributed by atoms with E-state index in [0.717, 1.165) is 5.69 Å². The van der Waals surface area contributed by atoms with Gasteiger partial charge in [-0.2, -0.15) is 0 Å². The van der Waals surface area contributed by atoms with Gasteiger partial charge in [-0.3, -0.25) is 0 Å². The van der Waals surface area contributed by atoms with E-state index in [1.54, 1.807) is 0 Å². The summed E-state index contributed by atoms with van der Waals surface area (Å²) in [6.45, 7) is 2.00. The molecule has 1 heterocycles. The van der Waals surface area contributed by atoms with E-state index >= 15 is 0 Å². The third-order valence-electron chi connectivity index (χ3n) is 3.10. The van der Waals surface area contributed by atoms with E-state index in [4.69, 9.17) is 5.73 Å². The molecule has 1 aliphatic rings. The molecule has 0 radical (unpaired) electrons. The monoisotopic (exact) mass is 193 g/mol. The molecule has 0 amide bonds. The topological polar surface area (TPSA) is 43.8 Å². The number of nitrogens with zero attached hydrogens (tertiary/aromatic N) is 2. The minimum atomic E-state index is 0.596. The summed E-state index contributed by atoms with van der Waals surface area (Å²) >= 11 is 0. The van der Waals surface area contributed by atoms with Gasteiger partial charge < -0.3 is 10.3 Å². The number of aryl methyl sites for hydroxylation is 1. The zero-order valence-corrected chi connectivity index (χ0v) is 8.87. The summed E-state index contributed by atoms with van der Waals surface area (Å²) in [7, 11) is 0. The summed E-state index contributed by atoms with van der Waals surface area (Å²) in [5.74, 6) is 0.689. The second-order valence-corrected chi connectivity index (χ2v) is 4.29. The third-order valence-corrected chi connectivity index (χ3v) is 3.10. The Morgan fingerprint density at radius 3 is 2.43 bits per heavy atom. The van der Waals surface area contributed by atoms with Crippen LogP contribution in [0.3, 0.4) is 0 Å². The SMILES string of the molecule is Cc1cn(C2CCCCCC2)c(N)n1. The van der Waals surface area contributed by atoms with Crippen LogP contribution in [0.15, 0.2) is 6.20 Å². The maximum atomic E-state index is 5.88. The summed E-state index contributed by atoms with van der Waals surface area (Å²) in [6.07, 6.45) is 10.0. The molecule has 1 aromatic rings. The van der Waals surface area contributed by atoms with Crippen LogP contribution in [0.25, 0.3) is 0 Å². The van der Waals surface area contributed by atoms with Crippen molar-refractivity contribution in [3.63, 3.8) is 0 Å². The van der Waals surface area contributed by atoms with Gasteiger partial charge in [-0.25, -0.2) is 4.98 Å². The Balaban J connectivity index is 2.15. The fourth-order valence-electron chi connectivity index (χ4n) is 2.36. The fraction of sp³-hybridized carbons (Fsp3) is 0.727. The number of imidazole rings is 1. The van der Waals surface area contributed by atoms with Gasteiger partial charge in [0.25, 0.3) is 0 Å². The molecule has 2 rings (SSSR count). The average Bonchev–Trinajstić information content (AvgIpc) is 2.43. The predicted octanol–water partition coefficient (Wildman–Crippen LogP) is 2.67. The van der Waals surface area contributed by atoms with Crippen molar-refractivity contribution in [1.29, 1.82) is 0 Å². The Kier molecular flexibility index (Phi) is 2.75. The molecule has 0 saturated heterocycles. The van der Waals surface area contributed by atoms with Crippen LogP contribution in [0.4, 0.5) is 5.95 Å². The van der Waals surface area contributed by atoms with E-state index in [0.29, 0.717) is 12.0 Å². The van der Waals surface area contributed by atoms with Crippen molar-refractivity contribution in [1.82, 2.24) is 9.55 Å². The van der Waals surface area contributed by atoms with Gasteiger partial charge in [0.15, 0.2) is 0 Å². The minimum Gasteiger partial charge on any atom is -0.369 e. The molecular formula is C11H19N3. The lowest BCUT2D eigenvalue weighted by Gasteiger charge is -2.16. The number of nitrogens with two attached hydrogens (primary N) is 1. The first-order valence-electron chi connectivity index (χ1n) is 5.58. The third kappa shape index (κ3) is 1.91.